The zero-order valence-corrected chi connectivity index (χ0v) is 29.5. The lowest BCUT2D eigenvalue weighted by atomic mass is 9.85. The average molecular weight is 682 g/mol. The number of carbonyl (C=O) groups is 2. The van der Waals surface area contributed by atoms with Crippen molar-refractivity contribution >= 4 is 28.8 Å². The van der Waals surface area contributed by atoms with Gasteiger partial charge < -0.3 is 14.5 Å². The third kappa shape index (κ3) is 6.56. The fourth-order valence-electron chi connectivity index (χ4n) is 7.78. The Morgan fingerprint density at radius 3 is 2.39 bits per heavy atom. The number of aliphatic imine (C=N–C) groups is 1. The number of benzene rings is 2. The summed E-state index contributed by atoms with van der Waals surface area (Å²) in [5, 5.41) is 0. The van der Waals surface area contributed by atoms with Crippen molar-refractivity contribution in [2.75, 3.05) is 44.2 Å². The largest absolute Gasteiger partial charge is 0.475 e. The van der Waals surface area contributed by atoms with Crippen LogP contribution in [0.4, 0.5) is 5.69 Å². The highest BCUT2D eigenvalue weighted by Crippen LogP contribution is 2.43. The summed E-state index contributed by atoms with van der Waals surface area (Å²) >= 11 is 0. The predicted octanol–water partition coefficient (Wildman–Crippen LogP) is 5.73. The van der Waals surface area contributed by atoms with Crippen molar-refractivity contribution in [3.8, 4) is 17.3 Å². The van der Waals surface area contributed by atoms with Crippen molar-refractivity contribution in [1.82, 2.24) is 24.8 Å². The van der Waals surface area contributed by atoms with Gasteiger partial charge in [0.2, 0.25) is 17.7 Å². The zero-order valence-electron chi connectivity index (χ0n) is 29.5. The van der Waals surface area contributed by atoms with E-state index in [1.165, 1.54) is 11.1 Å². The van der Waals surface area contributed by atoms with E-state index < -0.39 is 5.41 Å². The molecule has 0 radical (unpaired) electrons. The summed E-state index contributed by atoms with van der Waals surface area (Å²) in [7, 11) is 0. The van der Waals surface area contributed by atoms with Crippen molar-refractivity contribution < 1.29 is 14.3 Å². The summed E-state index contributed by atoms with van der Waals surface area (Å²) in [6.45, 7) is 10.2. The van der Waals surface area contributed by atoms with Gasteiger partial charge in [-0.05, 0) is 87.0 Å². The van der Waals surface area contributed by atoms with Crippen LogP contribution in [-0.4, -0.2) is 87.7 Å². The molecule has 2 amide bonds. The molecule has 0 saturated carbocycles. The SMILES string of the molecule is Cc1cnc(-c2ccc(C3=CCN(C(=O)CN4CC[C@]5(CCN(c6ccc7c(c6)C(c6ccc(OC(C)C)nc6)=NC7)C5=O)C4)CC3)cc2)nc1. The van der Waals surface area contributed by atoms with Gasteiger partial charge >= 0.3 is 0 Å². The maximum Gasteiger partial charge on any atom is 0.237 e. The molecule has 2 aromatic carbocycles. The highest BCUT2D eigenvalue weighted by atomic mass is 16.5. The molecule has 0 N–H and O–H groups in total. The number of likely N-dealkylation sites (tertiary alicyclic amines) is 1. The van der Waals surface area contributed by atoms with Crippen LogP contribution in [0.2, 0.25) is 0 Å². The standard InChI is InChI=1S/C41H43N7O3/c1-27(2)51-36-11-9-33(24-42-36)38-35-20-34(10-8-32(35)23-43-38)48-19-15-41(40(48)50)14-18-46(26-41)25-37(49)47-16-12-30(13-17-47)29-4-6-31(7-5-29)39-44-21-28(3)22-45-39/h4-12,20-22,24,27H,13-19,23,25-26H2,1-3H3/t41-/m0/s1. The molecule has 8 rings (SSSR count). The van der Waals surface area contributed by atoms with E-state index >= 15 is 0 Å². The van der Waals surface area contributed by atoms with Crippen LogP contribution in [0.3, 0.4) is 0 Å². The minimum atomic E-state index is -0.447. The van der Waals surface area contributed by atoms with Crippen LogP contribution in [0.15, 0.2) is 84.3 Å². The van der Waals surface area contributed by atoms with Crippen LogP contribution in [0.1, 0.15) is 60.9 Å². The summed E-state index contributed by atoms with van der Waals surface area (Å²) in [5.41, 5.74) is 8.93. The highest BCUT2D eigenvalue weighted by molar-refractivity contribution is 6.16. The van der Waals surface area contributed by atoms with Gasteiger partial charge in [0.15, 0.2) is 5.82 Å². The number of anilines is 1. The second kappa shape index (κ2) is 13.5. The molecule has 2 saturated heterocycles. The zero-order chi connectivity index (χ0) is 35.1. The number of fused-ring (bicyclic) bond motifs is 1. The van der Waals surface area contributed by atoms with Crippen LogP contribution in [-0.2, 0) is 16.1 Å². The summed E-state index contributed by atoms with van der Waals surface area (Å²) < 4.78 is 5.72. The molecule has 0 bridgehead atoms. The van der Waals surface area contributed by atoms with Gasteiger partial charge in [-0.25, -0.2) is 15.0 Å². The van der Waals surface area contributed by atoms with Gasteiger partial charge in [-0.2, -0.15) is 0 Å². The Balaban J connectivity index is 0.872. The van der Waals surface area contributed by atoms with Crippen LogP contribution in [0.5, 0.6) is 5.88 Å². The van der Waals surface area contributed by atoms with Gasteiger partial charge in [0, 0.05) is 73.2 Å². The molecular formula is C41H43N7O3. The van der Waals surface area contributed by atoms with E-state index in [0.29, 0.717) is 45.1 Å². The lowest BCUT2D eigenvalue weighted by Crippen LogP contribution is -2.43. The summed E-state index contributed by atoms with van der Waals surface area (Å²) in [5.74, 6) is 1.60. The first-order valence-electron chi connectivity index (χ1n) is 18.0. The number of ether oxygens (including phenoxy) is 1. The molecule has 1 atom stereocenters. The number of pyridine rings is 1. The Bertz CT molecular complexity index is 2020. The third-order valence-corrected chi connectivity index (χ3v) is 10.6. The van der Waals surface area contributed by atoms with Crippen molar-refractivity contribution in [3.05, 3.63) is 107 Å². The molecule has 2 fully saturated rings. The molecule has 2 aromatic heterocycles. The van der Waals surface area contributed by atoms with E-state index in [0.717, 1.165) is 70.8 Å². The number of amides is 2. The molecule has 4 aliphatic heterocycles. The van der Waals surface area contributed by atoms with Gasteiger partial charge in [-0.1, -0.05) is 36.4 Å². The summed E-state index contributed by atoms with van der Waals surface area (Å²) in [4.78, 5) is 51.7. The first kappa shape index (κ1) is 33.0. The van der Waals surface area contributed by atoms with Crippen LogP contribution >= 0.6 is 0 Å². The third-order valence-electron chi connectivity index (χ3n) is 10.6. The molecule has 1 spiro atoms. The highest BCUT2D eigenvalue weighted by Gasteiger charge is 2.51. The molecule has 260 valence electrons. The van der Waals surface area contributed by atoms with Gasteiger partial charge in [0.05, 0.1) is 30.3 Å². The second-order valence-corrected chi connectivity index (χ2v) is 14.5. The van der Waals surface area contributed by atoms with Gasteiger partial charge in [-0.3, -0.25) is 19.5 Å². The maximum absolute atomic E-state index is 14.1. The van der Waals surface area contributed by atoms with E-state index in [4.69, 9.17) is 9.73 Å². The smallest absolute Gasteiger partial charge is 0.237 e. The number of hydrogen-bond donors (Lipinski definition) is 0. The van der Waals surface area contributed by atoms with Crippen molar-refractivity contribution in [2.45, 2.75) is 52.7 Å². The average Bonchev–Trinajstić information content (AvgIpc) is 3.85. The van der Waals surface area contributed by atoms with Crippen LogP contribution in [0.25, 0.3) is 17.0 Å². The lowest BCUT2D eigenvalue weighted by molar-refractivity contribution is -0.132. The maximum atomic E-state index is 14.1. The molecular weight excluding hydrogens is 638 g/mol. The van der Waals surface area contributed by atoms with E-state index in [2.05, 4.69) is 62.3 Å². The number of hydrogen-bond acceptors (Lipinski definition) is 8. The van der Waals surface area contributed by atoms with E-state index in [1.807, 2.05) is 67.4 Å². The summed E-state index contributed by atoms with van der Waals surface area (Å²) in [6, 6.07) is 18.5. The second-order valence-electron chi connectivity index (χ2n) is 14.5. The molecule has 51 heavy (non-hydrogen) atoms. The Morgan fingerprint density at radius 1 is 0.902 bits per heavy atom. The van der Waals surface area contributed by atoms with E-state index in [-0.39, 0.29) is 17.9 Å². The normalized spacial score (nSPS) is 20.3. The molecule has 0 aliphatic carbocycles. The minimum Gasteiger partial charge on any atom is -0.475 e. The molecule has 4 aliphatic rings. The Kier molecular flexibility index (Phi) is 8.71. The number of rotatable bonds is 8. The fourth-order valence-corrected chi connectivity index (χ4v) is 7.78. The first-order chi connectivity index (χ1) is 24.7. The topological polar surface area (TPSA) is 104 Å². The van der Waals surface area contributed by atoms with Crippen LogP contribution in [0, 0.1) is 12.3 Å². The fraction of sp³-hybridized carbons (Fsp3) is 0.366. The summed E-state index contributed by atoms with van der Waals surface area (Å²) in [6.07, 6.45) is 10.1. The molecule has 6 heterocycles. The van der Waals surface area contributed by atoms with Gasteiger partial charge in [0.1, 0.15) is 0 Å². The molecule has 10 nitrogen and oxygen atoms in total. The molecule has 4 aromatic rings. The number of aryl methyl sites for hydroxylation is 1. The Morgan fingerprint density at radius 2 is 1.67 bits per heavy atom. The van der Waals surface area contributed by atoms with Crippen molar-refractivity contribution in [1.29, 1.82) is 0 Å². The molecule has 0 unspecified atom stereocenters. The first-order valence-corrected chi connectivity index (χ1v) is 18.0. The van der Waals surface area contributed by atoms with E-state index in [9.17, 15) is 9.59 Å². The monoisotopic (exact) mass is 681 g/mol. The van der Waals surface area contributed by atoms with Crippen molar-refractivity contribution in [2.24, 2.45) is 10.4 Å². The van der Waals surface area contributed by atoms with Crippen molar-refractivity contribution in [3.63, 3.8) is 0 Å². The van der Waals surface area contributed by atoms with Gasteiger partial charge in [-0.15, -0.1) is 0 Å². The Labute approximate surface area is 298 Å². The number of aromatic nitrogens is 3. The number of carbonyl (C=O) groups excluding carboxylic acids is 2. The lowest BCUT2D eigenvalue weighted by Gasteiger charge is -2.29. The number of nitrogens with zero attached hydrogens (tertiary/aromatic N) is 7. The quantitative estimate of drug-likeness (QED) is 0.234. The predicted molar refractivity (Wildman–Crippen MR) is 198 cm³/mol. The molecule has 10 heteroatoms. The van der Waals surface area contributed by atoms with Crippen LogP contribution < -0.4 is 9.64 Å². The van der Waals surface area contributed by atoms with Gasteiger partial charge in [0.25, 0.3) is 0 Å². The van der Waals surface area contributed by atoms with E-state index in [1.54, 1.807) is 0 Å². The minimum absolute atomic E-state index is 0.0574. The Hall–Kier alpha value is -5.22.